The van der Waals surface area contributed by atoms with Crippen LogP contribution in [0.5, 0.6) is 5.75 Å². The Morgan fingerprint density at radius 1 is 1.19 bits per heavy atom. The van der Waals surface area contributed by atoms with Crippen LogP contribution in [0.1, 0.15) is 17.5 Å². The lowest BCUT2D eigenvalue weighted by atomic mass is 10.0. The van der Waals surface area contributed by atoms with Gasteiger partial charge in [0.15, 0.2) is 0 Å². The molecule has 3 rings (SSSR count). The fourth-order valence-electron chi connectivity index (χ4n) is 2.24. The molecule has 21 heavy (non-hydrogen) atoms. The molecule has 0 atom stereocenters. The van der Waals surface area contributed by atoms with E-state index >= 15 is 0 Å². The molecule has 2 aromatic carbocycles. The van der Waals surface area contributed by atoms with Crippen LogP contribution in [-0.4, -0.2) is 5.91 Å². The molecule has 0 bridgehead atoms. The van der Waals surface area contributed by atoms with Gasteiger partial charge in [0.1, 0.15) is 18.2 Å². The number of rotatable bonds is 3. The maximum Gasteiger partial charge on any atom is 0.224 e. The smallest absolute Gasteiger partial charge is 0.224 e. The fraction of sp³-hybridized carbons (Fsp3) is 0.188. The summed E-state index contributed by atoms with van der Waals surface area (Å²) < 4.78 is 18.7. The SMILES string of the molecule is O=C1CCc2ccc(OCc3ccc(F)c(Cl)c3)cc2N1. The number of aryl methyl sites for hydroxylation is 1. The minimum Gasteiger partial charge on any atom is -0.489 e. The normalized spacial score (nSPS) is 13.5. The molecule has 2 aromatic rings. The number of nitrogens with one attached hydrogen (secondary N) is 1. The van der Waals surface area contributed by atoms with Crippen LogP contribution >= 0.6 is 11.6 Å². The fourth-order valence-corrected chi connectivity index (χ4v) is 2.44. The summed E-state index contributed by atoms with van der Waals surface area (Å²) >= 11 is 5.73. The van der Waals surface area contributed by atoms with Crippen LogP contribution in [0.25, 0.3) is 0 Å². The maximum absolute atomic E-state index is 13.1. The predicted molar refractivity (Wildman–Crippen MR) is 79.1 cm³/mol. The van der Waals surface area contributed by atoms with E-state index in [1.54, 1.807) is 12.1 Å². The van der Waals surface area contributed by atoms with E-state index in [0.29, 0.717) is 12.2 Å². The Labute approximate surface area is 126 Å². The molecular formula is C16H13ClFNO2. The third-order valence-corrected chi connectivity index (χ3v) is 3.66. The van der Waals surface area contributed by atoms with Gasteiger partial charge in [-0.05, 0) is 35.7 Å². The van der Waals surface area contributed by atoms with Gasteiger partial charge >= 0.3 is 0 Å². The zero-order chi connectivity index (χ0) is 14.8. The molecule has 0 spiro atoms. The first kappa shape index (κ1) is 13.9. The van der Waals surface area contributed by atoms with Gasteiger partial charge in [-0.2, -0.15) is 0 Å². The molecule has 0 saturated heterocycles. The number of carbonyl (C=O) groups excluding carboxylic acids is 1. The molecule has 0 saturated carbocycles. The molecule has 0 radical (unpaired) electrons. The molecule has 1 N–H and O–H groups in total. The second-order valence-corrected chi connectivity index (χ2v) is 5.31. The van der Waals surface area contributed by atoms with Gasteiger partial charge in [0, 0.05) is 18.2 Å². The van der Waals surface area contributed by atoms with Gasteiger partial charge in [-0.25, -0.2) is 4.39 Å². The molecule has 1 heterocycles. The molecule has 5 heteroatoms. The van der Waals surface area contributed by atoms with Crippen molar-refractivity contribution < 1.29 is 13.9 Å². The van der Waals surface area contributed by atoms with Crippen molar-refractivity contribution in [2.45, 2.75) is 19.4 Å². The summed E-state index contributed by atoms with van der Waals surface area (Å²) in [6, 6.07) is 10.1. The van der Waals surface area contributed by atoms with Crippen molar-refractivity contribution in [2.24, 2.45) is 0 Å². The number of benzene rings is 2. The van der Waals surface area contributed by atoms with Crippen molar-refractivity contribution in [1.29, 1.82) is 0 Å². The van der Waals surface area contributed by atoms with Crippen LogP contribution in [0.4, 0.5) is 10.1 Å². The molecule has 0 unspecified atom stereocenters. The van der Waals surface area contributed by atoms with Gasteiger partial charge in [0.2, 0.25) is 5.91 Å². The summed E-state index contributed by atoms with van der Waals surface area (Å²) in [6.45, 7) is 0.284. The van der Waals surface area contributed by atoms with Crippen molar-refractivity contribution in [2.75, 3.05) is 5.32 Å². The van der Waals surface area contributed by atoms with Crippen molar-refractivity contribution >= 4 is 23.2 Å². The average Bonchev–Trinajstić information content (AvgIpc) is 2.48. The Bertz CT molecular complexity index is 703. The standard InChI is InChI=1S/C16H13ClFNO2/c17-13-7-10(1-5-14(13)18)9-21-12-4-2-11-3-6-16(20)19-15(11)8-12/h1-2,4-5,7-8H,3,6,9H2,(H,19,20). The number of anilines is 1. The number of amides is 1. The molecule has 3 nitrogen and oxygen atoms in total. The first-order valence-corrected chi connectivity index (χ1v) is 6.99. The van der Waals surface area contributed by atoms with E-state index in [0.717, 1.165) is 23.2 Å². The molecule has 1 aliphatic rings. The van der Waals surface area contributed by atoms with Crippen molar-refractivity contribution in [3.05, 3.63) is 58.4 Å². The van der Waals surface area contributed by atoms with Crippen LogP contribution < -0.4 is 10.1 Å². The van der Waals surface area contributed by atoms with Gasteiger partial charge in [-0.15, -0.1) is 0 Å². The number of hydrogen-bond acceptors (Lipinski definition) is 2. The lowest BCUT2D eigenvalue weighted by molar-refractivity contribution is -0.116. The minimum absolute atomic E-state index is 0.0185. The van der Waals surface area contributed by atoms with Gasteiger partial charge in [-0.3, -0.25) is 4.79 Å². The lowest BCUT2D eigenvalue weighted by Gasteiger charge is -2.17. The van der Waals surface area contributed by atoms with Crippen LogP contribution in [0.15, 0.2) is 36.4 Å². The largest absolute Gasteiger partial charge is 0.489 e. The number of hydrogen-bond donors (Lipinski definition) is 1. The van der Waals surface area contributed by atoms with Gasteiger partial charge < -0.3 is 10.1 Å². The van der Waals surface area contributed by atoms with Crippen molar-refractivity contribution in [3.63, 3.8) is 0 Å². The van der Waals surface area contributed by atoms with E-state index in [1.807, 2.05) is 12.1 Å². The van der Waals surface area contributed by atoms with Crippen LogP contribution in [-0.2, 0) is 17.8 Å². The zero-order valence-electron chi connectivity index (χ0n) is 11.2. The van der Waals surface area contributed by atoms with Gasteiger partial charge in [0.25, 0.3) is 0 Å². The van der Waals surface area contributed by atoms with Crippen molar-refractivity contribution in [1.82, 2.24) is 0 Å². The second-order valence-electron chi connectivity index (χ2n) is 4.90. The molecule has 1 amide bonds. The van der Waals surface area contributed by atoms with E-state index in [9.17, 15) is 9.18 Å². The van der Waals surface area contributed by atoms with E-state index in [-0.39, 0.29) is 17.5 Å². The molecule has 0 aromatic heterocycles. The average molecular weight is 306 g/mol. The summed E-state index contributed by atoms with van der Waals surface area (Å²) in [5, 5.41) is 2.90. The Kier molecular flexibility index (Phi) is 3.80. The molecule has 108 valence electrons. The summed E-state index contributed by atoms with van der Waals surface area (Å²) in [6.07, 6.45) is 1.26. The van der Waals surface area contributed by atoms with Crippen LogP contribution in [0, 0.1) is 5.82 Å². The number of ether oxygens (including phenoxy) is 1. The topological polar surface area (TPSA) is 38.3 Å². The third kappa shape index (κ3) is 3.16. The summed E-state index contributed by atoms with van der Waals surface area (Å²) in [5.74, 6) is 0.221. The third-order valence-electron chi connectivity index (χ3n) is 3.37. The van der Waals surface area contributed by atoms with Gasteiger partial charge in [0.05, 0.1) is 5.02 Å². The highest BCUT2D eigenvalue weighted by Gasteiger charge is 2.15. The quantitative estimate of drug-likeness (QED) is 0.932. The number of halogens is 2. The van der Waals surface area contributed by atoms with Crippen molar-refractivity contribution in [3.8, 4) is 5.75 Å². The Balaban J connectivity index is 1.72. The molecule has 1 aliphatic heterocycles. The first-order chi connectivity index (χ1) is 10.1. The second kappa shape index (κ2) is 5.74. The highest BCUT2D eigenvalue weighted by Crippen LogP contribution is 2.27. The summed E-state index contributed by atoms with van der Waals surface area (Å²) in [5.41, 5.74) is 2.68. The molecule has 0 aliphatic carbocycles. The maximum atomic E-state index is 13.1. The van der Waals surface area contributed by atoms with E-state index in [4.69, 9.17) is 16.3 Å². The summed E-state index contributed by atoms with van der Waals surface area (Å²) in [4.78, 5) is 11.4. The monoisotopic (exact) mass is 305 g/mol. The Hall–Kier alpha value is -2.07. The van der Waals surface area contributed by atoms with Crippen LogP contribution in [0.2, 0.25) is 5.02 Å². The summed E-state index contributed by atoms with van der Waals surface area (Å²) in [7, 11) is 0. The first-order valence-electron chi connectivity index (χ1n) is 6.61. The zero-order valence-corrected chi connectivity index (χ0v) is 11.9. The van der Waals surface area contributed by atoms with E-state index < -0.39 is 5.82 Å². The lowest BCUT2D eigenvalue weighted by Crippen LogP contribution is -2.18. The Morgan fingerprint density at radius 2 is 2.05 bits per heavy atom. The number of fused-ring (bicyclic) bond motifs is 1. The highest BCUT2D eigenvalue weighted by molar-refractivity contribution is 6.30. The predicted octanol–water partition coefficient (Wildman–Crippen LogP) is 3.94. The molecular weight excluding hydrogens is 293 g/mol. The highest BCUT2D eigenvalue weighted by atomic mass is 35.5. The van der Waals surface area contributed by atoms with Crippen LogP contribution in [0.3, 0.4) is 0 Å². The van der Waals surface area contributed by atoms with Gasteiger partial charge in [-0.1, -0.05) is 23.7 Å². The molecule has 0 fully saturated rings. The van der Waals surface area contributed by atoms with E-state index in [1.165, 1.54) is 12.1 Å². The Morgan fingerprint density at radius 3 is 2.86 bits per heavy atom. The minimum atomic E-state index is -0.447. The van der Waals surface area contributed by atoms with E-state index in [2.05, 4.69) is 5.32 Å². The number of carbonyl (C=O) groups is 1.